The van der Waals surface area contributed by atoms with Crippen LogP contribution in [0.3, 0.4) is 0 Å². The summed E-state index contributed by atoms with van der Waals surface area (Å²) in [6, 6.07) is 9.74. The van der Waals surface area contributed by atoms with Crippen molar-refractivity contribution in [3.8, 4) is 11.5 Å². The van der Waals surface area contributed by atoms with Crippen LogP contribution in [0.5, 0.6) is 11.5 Å². The number of ketones is 1. The largest absolute Gasteiger partial charge is 0.493 e. The van der Waals surface area contributed by atoms with Crippen LogP contribution in [0.2, 0.25) is 0 Å². The van der Waals surface area contributed by atoms with E-state index in [0.29, 0.717) is 29.0 Å². The summed E-state index contributed by atoms with van der Waals surface area (Å²) in [5.74, 6) is -3.18. The Labute approximate surface area is 187 Å². The van der Waals surface area contributed by atoms with Crippen LogP contribution in [0.15, 0.2) is 61.7 Å². The van der Waals surface area contributed by atoms with Gasteiger partial charge in [0.25, 0.3) is 5.79 Å². The minimum Gasteiger partial charge on any atom is -0.493 e. The van der Waals surface area contributed by atoms with E-state index in [4.69, 9.17) is 18.9 Å². The smallest absolute Gasteiger partial charge is 0.369 e. The fourth-order valence-electron chi connectivity index (χ4n) is 3.37. The molecule has 2 aromatic carbocycles. The van der Waals surface area contributed by atoms with Gasteiger partial charge in [0.15, 0.2) is 17.3 Å². The van der Waals surface area contributed by atoms with Crippen LogP contribution in [-0.4, -0.2) is 44.3 Å². The lowest BCUT2D eigenvalue weighted by molar-refractivity contribution is -0.244. The highest BCUT2D eigenvalue weighted by atomic mass is 16.7. The van der Waals surface area contributed by atoms with Crippen LogP contribution >= 0.6 is 0 Å². The van der Waals surface area contributed by atoms with Crippen molar-refractivity contribution in [2.75, 3.05) is 27.4 Å². The van der Waals surface area contributed by atoms with Gasteiger partial charge in [0.2, 0.25) is 0 Å². The molecule has 0 unspecified atom stereocenters. The van der Waals surface area contributed by atoms with Gasteiger partial charge in [-0.05, 0) is 30.2 Å². The normalized spacial score (nSPS) is 11.0. The topological polar surface area (TPSA) is 91.3 Å². The Hall–Kier alpha value is -3.42. The SMILES string of the molecule is C=CCOC(OCC=C)(C(=O)O)c1c(CC)cccc1C(=O)c1ccc(OC)c(OC)c1. The average Bonchev–Trinajstić information content (AvgIpc) is 2.82. The maximum absolute atomic E-state index is 13.6. The van der Waals surface area contributed by atoms with E-state index in [-0.39, 0.29) is 24.3 Å². The first-order valence-corrected chi connectivity index (χ1v) is 10.0. The number of hydrogen-bond donors (Lipinski definition) is 1. The molecule has 0 aliphatic heterocycles. The zero-order chi connectivity index (χ0) is 23.7. The summed E-state index contributed by atoms with van der Waals surface area (Å²) in [5, 5.41) is 10.2. The molecule has 0 radical (unpaired) electrons. The lowest BCUT2D eigenvalue weighted by atomic mass is 9.88. The quantitative estimate of drug-likeness (QED) is 0.284. The predicted octanol–water partition coefficient (Wildman–Crippen LogP) is 4.14. The predicted molar refractivity (Wildman–Crippen MR) is 120 cm³/mol. The third-order valence-corrected chi connectivity index (χ3v) is 4.84. The van der Waals surface area contributed by atoms with Gasteiger partial charge in [-0.2, -0.15) is 0 Å². The summed E-state index contributed by atoms with van der Waals surface area (Å²) in [7, 11) is 2.97. The molecule has 0 heterocycles. The Bertz CT molecular complexity index is 982. The molecular weight excluding hydrogens is 412 g/mol. The zero-order valence-corrected chi connectivity index (χ0v) is 18.6. The molecule has 170 valence electrons. The first kappa shape index (κ1) is 24.8. The standard InChI is InChI=1S/C25H28O7/c1-6-14-31-25(24(27)28,32-15-7-2)22-17(8-3)10-9-11-19(22)23(26)18-12-13-20(29-4)21(16-18)30-5/h6-7,9-13,16H,1-2,8,14-15H2,3-5H3,(H,27,28). The van der Waals surface area contributed by atoms with Crippen molar-refractivity contribution in [1.82, 2.24) is 0 Å². The van der Waals surface area contributed by atoms with Crippen LogP contribution in [0.1, 0.15) is 34.0 Å². The molecule has 0 aliphatic carbocycles. The van der Waals surface area contributed by atoms with Gasteiger partial charge in [0, 0.05) is 16.7 Å². The van der Waals surface area contributed by atoms with Gasteiger partial charge in [-0.15, -0.1) is 13.2 Å². The monoisotopic (exact) mass is 440 g/mol. The van der Waals surface area contributed by atoms with E-state index in [1.165, 1.54) is 26.4 Å². The van der Waals surface area contributed by atoms with Crippen LogP contribution in [0, 0.1) is 0 Å². The van der Waals surface area contributed by atoms with Crippen LogP contribution in [0.4, 0.5) is 0 Å². The molecule has 7 nitrogen and oxygen atoms in total. The molecule has 0 aromatic heterocycles. The Morgan fingerprint density at radius 1 is 1.00 bits per heavy atom. The molecule has 0 saturated carbocycles. The summed E-state index contributed by atoms with van der Waals surface area (Å²) in [6.07, 6.45) is 3.28. The molecule has 32 heavy (non-hydrogen) atoms. The van der Waals surface area contributed by atoms with E-state index in [1.54, 1.807) is 36.4 Å². The summed E-state index contributed by atoms with van der Waals surface area (Å²) in [6.45, 7) is 8.83. The van der Waals surface area contributed by atoms with Gasteiger partial charge in [-0.3, -0.25) is 4.79 Å². The minimum absolute atomic E-state index is 0.106. The Morgan fingerprint density at radius 2 is 1.62 bits per heavy atom. The molecule has 1 N–H and O–H groups in total. The molecule has 0 bridgehead atoms. The van der Waals surface area contributed by atoms with Crippen molar-refractivity contribution in [1.29, 1.82) is 0 Å². The second-order valence-electron chi connectivity index (χ2n) is 6.71. The molecule has 7 heteroatoms. The van der Waals surface area contributed by atoms with Crippen molar-refractivity contribution >= 4 is 11.8 Å². The van der Waals surface area contributed by atoms with E-state index < -0.39 is 17.5 Å². The first-order chi connectivity index (χ1) is 15.4. The highest BCUT2D eigenvalue weighted by Crippen LogP contribution is 2.36. The summed E-state index contributed by atoms with van der Waals surface area (Å²) >= 11 is 0. The molecule has 0 fully saturated rings. The molecule has 0 saturated heterocycles. The van der Waals surface area contributed by atoms with Gasteiger partial charge in [-0.25, -0.2) is 4.79 Å². The van der Waals surface area contributed by atoms with E-state index >= 15 is 0 Å². The fraction of sp³-hybridized carbons (Fsp3) is 0.280. The highest BCUT2D eigenvalue weighted by molar-refractivity contribution is 6.11. The number of carboxylic acids is 1. The molecule has 0 aliphatic rings. The summed E-state index contributed by atoms with van der Waals surface area (Å²) < 4.78 is 21.9. The highest BCUT2D eigenvalue weighted by Gasteiger charge is 2.47. The van der Waals surface area contributed by atoms with E-state index in [9.17, 15) is 14.7 Å². The van der Waals surface area contributed by atoms with Crippen LogP contribution in [-0.2, 0) is 26.5 Å². The third-order valence-electron chi connectivity index (χ3n) is 4.84. The van der Waals surface area contributed by atoms with Gasteiger partial charge < -0.3 is 24.1 Å². The number of carbonyl (C=O) groups is 2. The molecule has 2 aromatic rings. The minimum atomic E-state index is -2.23. The van der Waals surface area contributed by atoms with Gasteiger partial charge >= 0.3 is 5.97 Å². The zero-order valence-electron chi connectivity index (χ0n) is 18.6. The molecule has 0 spiro atoms. The number of carbonyl (C=O) groups excluding carboxylic acids is 1. The van der Waals surface area contributed by atoms with Gasteiger partial charge in [-0.1, -0.05) is 37.3 Å². The maximum Gasteiger partial charge on any atom is 0.369 e. The maximum atomic E-state index is 13.6. The number of aryl methyl sites for hydroxylation is 1. The van der Waals surface area contributed by atoms with Gasteiger partial charge in [0.1, 0.15) is 0 Å². The number of hydrogen-bond acceptors (Lipinski definition) is 6. The Kier molecular flexibility index (Phi) is 8.75. The molecule has 0 atom stereocenters. The van der Waals surface area contributed by atoms with Crippen molar-refractivity contribution < 1.29 is 33.6 Å². The Balaban J connectivity index is 2.77. The molecule has 2 rings (SSSR count). The van der Waals surface area contributed by atoms with Gasteiger partial charge in [0.05, 0.1) is 27.4 Å². The van der Waals surface area contributed by atoms with E-state index in [2.05, 4.69) is 13.2 Å². The molecule has 0 amide bonds. The number of carboxylic acid groups (broad SMARTS) is 1. The third kappa shape index (κ3) is 4.90. The second-order valence-corrected chi connectivity index (χ2v) is 6.71. The lowest BCUT2D eigenvalue weighted by Crippen LogP contribution is -2.44. The number of rotatable bonds is 13. The Morgan fingerprint density at radius 3 is 2.12 bits per heavy atom. The van der Waals surface area contributed by atoms with E-state index in [0.717, 1.165) is 0 Å². The second kappa shape index (κ2) is 11.3. The van der Waals surface area contributed by atoms with Crippen molar-refractivity contribution in [3.05, 3.63) is 84.0 Å². The number of ether oxygens (including phenoxy) is 4. The fourth-order valence-corrected chi connectivity index (χ4v) is 3.37. The van der Waals surface area contributed by atoms with Crippen molar-refractivity contribution in [2.24, 2.45) is 0 Å². The van der Waals surface area contributed by atoms with Crippen molar-refractivity contribution in [3.63, 3.8) is 0 Å². The van der Waals surface area contributed by atoms with Crippen LogP contribution in [0.25, 0.3) is 0 Å². The summed E-state index contributed by atoms with van der Waals surface area (Å²) in [4.78, 5) is 26.1. The summed E-state index contributed by atoms with van der Waals surface area (Å²) in [5.41, 5.74) is 1.18. The number of aliphatic carboxylic acids is 1. The number of benzene rings is 2. The molecular formula is C25H28O7. The average molecular weight is 440 g/mol. The van der Waals surface area contributed by atoms with E-state index in [1.807, 2.05) is 6.92 Å². The van der Waals surface area contributed by atoms with Crippen molar-refractivity contribution in [2.45, 2.75) is 19.1 Å². The number of methoxy groups -OCH3 is 2. The lowest BCUT2D eigenvalue weighted by Gasteiger charge is -2.32. The first-order valence-electron chi connectivity index (χ1n) is 10.0. The van der Waals surface area contributed by atoms with Crippen LogP contribution < -0.4 is 9.47 Å².